The van der Waals surface area contributed by atoms with Gasteiger partial charge in [-0.1, -0.05) is 6.07 Å². The second kappa shape index (κ2) is 8.15. The zero-order valence-corrected chi connectivity index (χ0v) is 17.8. The van der Waals surface area contributed by atoms with Gasteiger partial charge >= 0.3 is 0 Å². The van der Waals surface area contributed by atoms with Gasteiger partial charge in [-0.25, -0.2) is 4.39 Å². The third-order valence-corrected chi connectivity index (χ3v) is 6.82. The highest BCUT2D eigenvalue weighted by Gasteiger charge is 2.26. The Balaban J connectivity index is 1.62. The SMILES string of the molecule is N#Cc1ccc(-c2cc(C(=O)N3CCCC(N)C3)sc2-c2ccn3cnnc3c2)cc1F. The summed E-state index contributed by atoms with van der Waals surface area (Å²) in [6.45, 7) is 1.20. The van der Waals surface area contributed by atoms with Crippen LogP contribution >= 0.6 is 11.3 Å². The summed E-state index contributed by atoms with van der Waals surface area (Å²) in [5.41, 5.74) is 8.90. The van der Waals surface area contributed by atoms with Crippen LogP contribution in [-0.4, -0.2) is 44.5 Å². The molecular weight excluding hydrogens is 427 g/mol. The monoisotopic (exact) mass is 446 g/mol. The Labute approximate surface area is 187 Å². The number of carbonyl (C=O) groups excluding carboxylic acids is 1. The van der Waals surface area contributed by atoms with Crippen LogP contribution in [0.1, 0.15) is 28.1 Å². The summed E-state index contributed by atoms with van der Waals surface area (Å²) in [5, 5.41) is 17.1. The maximum Gasteiger partial charge on any atom is 0.264 e. The van der Waals surface area contributed by atoms with E-state index in [1.165, 1.54) is 23.5 Å². The average molecular weight is 447 g/mol. The van der Waals surface area contributed by atoms with E-state index in [1.54, 1.807) is 27.8 Å². The smallest absolute Gasteiger partial charge is 0.264 e. The Bertz CT molecular complexity index is 1370. The first-order valence-electron chi connectivity index (χ1n) is 10.2. The molecule has 1 saturated heterocycles. The largest absolute Gasteiger partial charge is 0.336 e. The average Bonchev–Trinajstić information content (AvgIpc) is 3.45. The minimum Gasteiger partial charge on any atom is -0.336 e. The predicted molar refractivity (Wildman–Crippen MR) is 120 cm³/mol. The lowest BCUT2D eigenvalue weighted by molar-refractivity contribution is 0.0714. The highest BCUT2D eigenvalue weighted by Crippen LogP contribution is 2.40. The second-order valence-corrected chi connectivity index (χ2v) is 8.88. The number of aromatic nitrogens is 3. The van der Waals surface area contributed by atoms with Crippen LogP contribution in [0.15, 0.2) is 48.9 Å². The van der Waals surface area contributed by atoms with E-state index in [0.717, 1.165) is 28.8 Å². The van der Waals surface area contributed by atoms with Gasteiger partial charge in [0.1, 0.15) is 18.2 Å². The lowest BCUT2D eigenvalue weighted by atomic mass is 10.0. The Morgan fingerprint density at radius 3 is 2.91 bits per heavy atom. The van der Waals surface area contributed by atoms with Crippen molar-refractivity contribution in [2.24, 2.45) is 5.73 Å². The van der Waals surface area contributed by atoms with Crippen LogP contribution in [-0.2, 0) is 0 Å². The van der Waals surface area contributed by atoms with Gasteiger partial charge in [-0.2, -0.15) is 5.26 Å². The molecule has 4 heterocycles. The van der Waals surface area contributed by atoms with Crippen molar-refractivity contribution in [2.75, 3.05) is 13.1 Å². The van der Waals surface area contributed by atoms with Crippen molar-refractivity contribution < 1.29 is 9.18 Å². The van der Waals surface area contributed by atoms with Crippen LogP contribution in [0.25, 0.3) is 27.2 Å². The van der Waals surface area contributed by atoms with Gasteiger partial charge in [0.25, 0.3) is 5.91 Å². The number of nitrogens with zero attached hydrogens (tertiary/aromatic N) is 5. The zero-order chi connectivity index (χ0) is 22.2. The van der Waals surface area contributed by atoms with E-state index in [9.17, 15) is 9.18 Å². The van der Waals surface area contributed by atoms with Gasteiger partial charge < -0.3 is 10.6 Å². The number of likely N-dealkylation sites (tertiary alicyclic amines) is 1. The highest BCUT2D eigenvalue weighted by molar-refractivity contribution is 7.18. The zero-order valence-electron chi connectivity index (χ0n) is 17.0. The molecule has 3 aromatic heterocycles. The fourth-order valence-corrected chi connectivity index (χ4v) is 5.15. The van der Waals surface area contributed by atoms with Crippen LogP contribution in [0.2, 0.25) is 0 Å². The molecule has 0 saturated carbocycles. The topological polar surface area (TPSA) is 100 Å². The van der Waals surface area contributed by atoms with Gasteiger partial charge in [0.2, 0.25) is 0 Å². The normalized spacial score (nSPS) is 16.3. The number of hydrogen-bond acceptors (Lipinski definition) is 6. The molecule has 0 radical (unpaired) electrons. The molecule has 160 valence electrons. The first-order chi connectivity index (χ1) is 15.5. The number of nitriles is 1. The van der Waals surface area contributed by atoms with Gasteiger partial charge in [-0.3, -0.25) is 9.20 Å². The van der Waals surface area contributed by atoms with E-state index in [1.807, 2.05) is 24.4 Å². The van der Waals surface area contributed by atoms with E-state index >= 15 is 0 Å². The number of halogens is 1. The fourth-order valence-electron chi connectivity index (χ4n) is 4.01. The lowest BCUT2D eigenvalue weighted by Crippen LogP contribution is -2.45. The maximum atomic E-state index is 14.4. The summed E-state index contributed by atoms with van der Waals surface area (Å²) in [6, 6.07) is 11.9. The molecule has 4 aromatic rings. The van der Waals surface area contributed by atoms with Gasteiger partial charge in [-0.15, -0.1) is 21.5 Å². The highest BCUT2D eigenvalue weighted by atomic mass is 32.1. The third-order valence-electron chi connectivity index (χ3n) is 5.65. The Hall–Kier alpha value is -3.61. The standard InChI is InChI=1S/C23H19FN6OS/c24-19-8-14(3-4-16(19)11-25)18-10-20(23(31)29-6-1-2-17(26)12-29)32-22(18)15-5-7-30-13-27-28-21(30)9-15/h3-5,7-10,13,17H,1-2,6,12,26H2. The summed E-state index contributed by atoms with van der Waals surface area (Å²) in [6.07, 6.45) is 5.24. The molecule has 1 aliphatic rings. The first-order valence-corrected chi connectivity index (χ1v) is 11.0. The number of hydrogen-bond donors (Lipinski definition) is 1. The van der Waals surface area contributed by atoms with E-state index in [0.29, 0.717) is 29.2 Å². The van der Waals surface area contributed by atoms with Crippen molar-refractivity contribution >= 4 is 22.9 Å². The predicted octanol–water partition coefficient (Wildman–Crippen LogP) is 3.70. The molecule has 0 bridgehead atoms. The van der Waals surface area contributed by atoms with E-state index < -0.39 is 5.82 Å². The maximum absolute atomic E-state index is 14.4. The summed E-state index contributed by atoms with van der Waals surface area (Å²) in [4.78, 5) is 16.4. The van der Waals surface area contributed by atoms with Crippen molar-refractivity contribution in [1.29, 1.82) is 5.26 Å². The fraction of sp³-hybridized carbons (Fsp3) is 0.217. The molecule has 1 unspecified atom stereocenters. The van der Waals surface area contributed by atoms with Crippen molar-refractivity contribution in [2.45, 2.75) is 18.9 Å². The minimum atomic E-state index is -0.593. The number of fused-ring (bicyclic) bond motifs is 1. The van der Waals surface area contributed by atoms with Gasteiger partial charge in [-0.05, 0) is 54.3 Å². The molecule has 5 rings (SSSR count). The number of pyridine rings is 1. The molecule has 0 spiro atoms. The number of thiophene rings is 1. The third kappa shape index (κ3) is 3.64. The van der Waals surface area contributed by atoms with Gasteiger partial charge in [0.05, 0.1) is 10.4 Å². The van der Waals surface area contributed by atoms with Gasteiger partial charge in [0, 0.05) is 35.8 Å². The molecule has 1 atom stereocenters. The van der Waals surface area contributed by atoms with E-state index in [2.05, 4.69) is 10.2 Å². The van der Waals surface area contributed by atoms with Crippen LogP contribution in [0.3, 0.4) is 0 Å². The summed E-state index contributed by atoms with van der Waals surface area (Å²) >= 11 is 1.36. The van der Waals surface area contributed by atoms with Crippen molar-refractivity contribution in [3.05, 3.63) is 65.2 Å². The summed E-state index contributed by atoms with van der Waals surface area (Å²) in [7, 11) is 0. The molecule has 1 fully saturated rings. The van der Waals surface area contributed by atoms with Crippen molar-refractivity contribution in [1.82, 2.24) is 19.5 Å². The quantitative estimate of drug-likeness (QED) is 0.517. The summed E-state index contributed by atoms with van der Waals surface area (Å²) < 4.78 is 16.2. The minimum absolute atomic E-state index is 0.0189. The van der Waals surface area contributed by atoms with Crippen molar-refractivity contribution in [3.8, 4) is 27.6 Å². The number of nitrogens with two attached hydrogens (primary N) is 1. The first kappa shape index (κ1) is 20.3. The van der Waals surface area contributed by atoms with Crippen molar-refractivity contribution in [3.63, 3.8) is 0 Å². The lowest BCUT2D eigenvalue weighted by Gasteiger charge is -2.30. The molecular formula is C23H19FN6OS. The Kier molecular flexibility index (Phi) is 5.17. The number of rotatable bonds is 3. The number of piperidine rings is 1. The molecule has 1 aromatic carbocycles. The molecule has 2 N–H and O–H groups in total. The number of amides is 1. The molecule has 0 aliphatic carbocycles. The number of benzene rings is 1. The molecule has 1 amide bonds. The Morgan fingerprint density at radius 2 is 2.12 bits per heavy atom. The number of carbonyl (C=O) groups is 1. The second-order valence-electron chi connectivity index (χ2n) is 7.83. The Morgan fingerprint density at radius 1 is 1.25 bits per heavy atom. The van der Waals surface area contributed by atoms with E-state index in [-0.39, 0.29) is 17.5 Å². The van der Waals surface area contributed by atoms with Crippen LogP contribution in [0, 0.1) is 17.1 Å². The van der Waals surface area contributed by atoms with E-state index in [4.69, 9.17) is 11.0 Å². The van der Waals surface area contributed by atoms with Crippen LogP contribution in [0.5, 0.6) is 0 Å². The summed E-state index contributed by atoms with van der Waals surface area (Å²) in [5.74, 6) is -0.666. The molecule has 1 aliphatic heterocycles. The van der Waals surface area contributed by atoms with Crippen LogP contribution in [0.4, 0.5) is 4.39 Å². The molecule has 32 heavy (non-hydrogen) atoms. The van der Waals surface area contributed by atoms with Gasteiger partial charge in [0.15, 0.2) is 5.65 Å². The molecule has 9 heteroatoms. The van der Waals surface area contributed by atoms with Crippen LogP contribution < -0.4 is 5.73 Å². The molecule has 7 nitrogen and oxygen atoms in total.